The number of hydrogen-bond donors (Lipinski definition) is 1. The monoisotopic (exact) mass is 259 g/mol. The number of nitrogens with one attached hydrogen (secondary N) is 1. The smallest absolute Gasteiger partial charge is 0.131 e. The molecule has 0 spiro atoms. The molecule has 0 fully saturated rings. The summed E-state index contributed by atoms with van der Waals surface area (Å²) in [4.78, 5) is 0. The van der Waals surface area contributed by atoms with Crippen molar-refractivity contribution in [3.8, 4) is 16.9 Å². The second-order valence-electron chi connectivity index (χ2n) is 4.32. The minimum atomic E-state index is -0.194. The lowest BCUT2D eigenvalue weighted by Gasteiger charge is -2.08. The molecule has 2 nitrogen and oxygen atoms in total. The molecule has 2 aromatic carbocycles. The van der Waals surface area contributed by atoms with Crippen molar-refractivity contribution in [2.24, 2.45) is 0 Å². The summed E-state index contributed by atoms with van der Waals surface area (Å²) in [5, 5.41) is 3.18. The highest BCUT2D eigenvalue weighted by atomic mass is 19.1. The summed E-state index contributed by atoms with van der Waals surface area (Å²) in [6.45, 7) is 3.60. The molecule has 19 heavy (non-hydrogen) atoms. The highest BCUT2D eigenvalue weighted by molar-refractivity contribution is 5.65. The van der Waals surface area contributed by atoms with Crippen molar-refractivity contribution >= 4 is 0 Å². The van der Waals surface area contributed by atoms with E-state index in [9.17, 15) is 4.39 Å². The first-order valence-electron chi connectivity index (χ1n) is 6.38. The second-order valence-corrected chi connectivity index (χ2v) is 4.32. The second kappa shape index (κ2) is 6.34. The molecule has 0 amide bonds. The number of methoxy groups -OCH3 is 1. The Kier molecular flexibility index (Phi) is 4.53. The van der Waals surface area contributed by atoms with Crippen molar-refractivity contribution in [2.45, 2.75) is 13.5 Å². The minimum Gasteiger partial charge on any atom is -0.497 e. The van der Waals surface area contributed by atoms with E-state index in [1.807, 2.05) is 43.3 Å². The van der Waals surface area contributed by atoms with E-state index >= 15 is 0 Å². The van der Waals surface area contributed by atoms with Gasteiger partial charge in [0.25, 0.3) is 0 Å². The number of rotatable bonds is 5. The van der Waals surface area contributed by atoms with E-state index in [-0.39, 0.29) is 5.82 Å². The molecular weight excluding hydrogens is 241 g/mol. The predicted molar refractivity (Wildman–Crippen MR) is 75.8 cm³/mol. The zero-order valence-corrected chi connectivity index (χ0v) is 11.2. The molecule has 0 aliphatic heterocycles. The zero-order valence-electron chi connectivity index (χ0n) is 11.2. The Morgan fingerprint density at radius 3 is 2.42 bits per heavy atom. The van der Waals surface area contributed by atoms with Crippen LogP contribution in [-0.2, 0) is 6.54 Å². The van der Waals surface area contributed by atoms with Crippen LogP contribution in [0.3, 0.4) is 0 Å². The average molecular weight is 259 g/mol. The molecule has 2 aromatic rings. The summed E-state index contributed by atoms with van der Waals surface area (Å²) in [7, 11) is 1.62. The lowest BCUT2D eigenvalue weighted by atomic mass is 10.0. The standard InChI is InChI=1S/C16H18FNO/c1-3-18-11-12-4-9-15(16(17)10-12)13-5-7-14(19-2)8-6-13/h4-10,18H,3,11H2,1-2H3. The van der Waals surface area contributed by atoms with Gasteiger partial charge in [0.1, 0.15) is 11.6 Å². The predicted octanol–water partition coefficient (Wildman–Crippen LogP) is 3.61. The summed E-state index contributed by atoms with van der Waals surface area (Å²) in [5.41, 5.74) is 2.42. The van der Waals surface area contributed by atoms with Crippen LogP contribution in [0.15, 0.2) is 42.5 Å². The van der Waals surface area contributed by atoms with E-state index in [0.29, 0.717) is 12.1 Å². The fourth-order valence-electron chi connectivity index (χ4n) is 1.94. The molecule has 0 radical (unpaired) electrons. The van der Waals surface area contributed by atoms with Crippen molar-refractivity contribution in [2.75, 3.05) is 13.7 Å². The van der Waals surface area contributed by atoms with E-state index in [1.54, 1.807) is 13.2 Å². The average Bonchev–Trinajstić information content (AvgIpc) is 2.45. The number of halogens is 1. The topological polar surface area (TPSA) is 21.3 Å². The minimum absolute atomic E-state index is 0.194. The number of benzene rings is 2. The summed E-state index contributed by atoms with van der Waals surface area (Å²) in [5.74, 6) is 0.577. The fourth-order valence-corrected chi connectivity index (χ4v) is 1.94. The summed E-state index contributed by atoms with van der Waals surface area (Å²) in [6, 6.07) is 12.8. The van der Waals surface area contributed by atoms with Gasteiger partial charge < -0.3 is 10.1 Å². The van der Waals surface area contributed by atoms with Crippen molar-refractivity contribution in [1.82, 2.24) is 5.32 Å². The maximum absolute atomic E-state index is 14.1. The van der Waals surface area contributed by atoms with Crippen LogP contribution in [0.1, 0.15) is 12.5 Å². The third kappa shape index (κ3) is 3.32. The molecule has 0 bridgehead atoms. The normalized spacial score (nSPS) is 10.5. The largest absolute Gasteiger partial charge is 0.497 e. The van der Waals surface area contributed by atoms with Crippen LogP contribution in [0.25, 0.3) is 11.1 Å². The lowest BCUT2D eigenvalue weighted by molar-refractivity contribution is 0.415. The van der Waals surface area contributed by atoms with Gasteiger partial charge in [0.15, 0.2) is 0 Å². The molecule has 0 saturated heterocycles. The molecule has 2 rings (SSSR count). The molecule has 0 unspecified atom stereocenters. The van der Waals surface area contributed by atoms with Crippen LogP contribution in [0.5, 0.6) is 5.75 Å². The van der Waals surface area contributed by atoms with Gasteiger partial charge in [0.2, 0.25) is 0 Å². The summed E-state index contributed by atoms with van der Waals surface area (Å²) < 4.78 is 19.2. The Balaban J connectivity index is 2.24. The first-order valence-corrected chi connectivity index (χ1v) is 6.38. The van der Waals surface area contributed by atoms with E-state index in [1.165, 1.54) is 0 Å². The van der Waals surface area contributed by atoms with Crippen LogP contribution in [0.4, 0.5) is 4.39 Å². The molecule has 0 aromatic heterocycles. The maximum Gasteiger partial charge on any atom is 0.131 e. The van der Waals surface area contributed by atoms with Crippen LogP contribution in [0, 0.1) is 5.82 Å². The van der Waals surface area contributed by atoms with Crippen molar-refractivity contribution < 1.29 is 9.13 Å². The third-order valence-electron chi connectivity index (χ3n) is 3.01. The Labute approximate surface area is 113 Å². The van der Waals surface area contributed by atoms with E-state index in [2.05, 4.69) is 5.32 Å². The quantitative estimate of drug-likeness (QED) is 0.885. The van der Waals surface area contributed by atoms with Crippen LogP contribution in [0.2, 0.25) is 0 Å². The van der Waals surface area contributed by atoms with Gasteiger partial charge in [-0.3, -0.25) is 0 Å². The molecule has 3 heteroatoms. The van der Waals surface area contributed by atoms with Crippen molar-refractivity contribution in [3.05, 3.63) is 53.8 Å². The Hall–Kier alpha value is -1.87. The van der Waals surface area contributed by atoms with Crippen LogP contribution in [-0.4, -0.2) is 13.7 Å². The molecule has 1 N–H and O–H groups in total. The number of ether oxygens (including phenoxy) is 1. The van der Waals surface area contributed by atoms with Gasteiger partial charge >= 0.3 is 0 Å². The first-order chi connectivity index (χ1) is 9.24. The van der Waals surface area contributed by atoms with E-state index in [4.69, 9.17) is 4.74 Å². The maximum atomic E-state index is 14.1. The Morgan fingerprint density at radius 2 is 1.84 bits per heavy atom. The van der Waals surface area contributed by atoms with Gasteiger partial charge in [-0.25, -0.2) is 4.39 Å². The van der Waals surface area contributed by atoms with Gasteiger partial charge in [0.05, 0.1) is 7.11 Å². The number of hydrogen-bond acceptors (Lipinski definition) is 2. The van der Waals surface area contributed by atoms with E-state index in [0.717, 1.165) is 23.4 Å². The van der Waals surface area contributed by atoms with Crippen molar-refractivity contribution in [3.63, 3.8) is 0 Å². The molecule has 0 heterocycles. The molecule has 0 saturated carbocycles. The van der Waals surface area contributed by atoms with Gasteiger partial charge in [0, 0.05) is 12.1 Å². The van der Waals surface area contributed by atoms with Crippen LogP contribution >= 0.6 is 0 Å². The first kappa shape index (κ1) is 13.6. The highest BCUT2D eigenvalue weighted by Gasteiger charge is 2.06. The fraction of sp³-hybridized carbons (Fsp3) is 0.250. The molecular formula is C16H18FNO. The summed E-state index contributed by atoms with van der Waals surface area (Å²) >= 11 is 0. The third-order valence-corrected chi connectivity index (χ3v) is 3.01. The van der Waals surface area contributed by atoms with Crippen LogP contribution < -0.4 is 10.1 Å². The van der Waals surface area contributed by atoms with Crippen molar-refractivity contribution in [1.29, 1.82) is 0 Å². The Bertz CT molecular complexity index is 537. The Morgan fingerprint density at radius 1 is 1.11 bits per heavy atom. The zero-order chi connectivity index (χ0) is 13.7. The van der Waals surface area contributed by atoms with Gasteiger partial charge in [-0.1, -0.05) is 31.2 Å². The molecule has 0 aliphatic carbocycles. The molecule has 100 valence electrons. The van der Waals surface area contributed by atoms with Gasteiger partial charge in [-0.15, -0.1) is 0 Å². The molecule has 0 aliphatic rings. The lowest BCUT2D eigenvalue weighted by Crippen LogP contribution is -2.11. The molecule has 0 atom stereocenters. The summed E-state index contributed by atoms with van der Waals surface area (Å²) in [6.07, 6.45) is 0. The highest BCUT2D eigenvalue weighted by Crippen LogP contribution is 2.25. The SMILES string of the molecule is CCNCc1ccc(-c2ccc(OC)cc2)c(F)c1. The van der Waals surface area contributed by atoms with E-state index < -0.39 is 0 Å². The van der Waals surface area contributed by atoms with Gasteiger partial charge in [-0.2, -0.15) is 0 Å². The van der Waals surface area contributed by atoms with Gasteiger partial charge in [-0.05, 0) is 35.9 Å².